The molecule has 0 fully saturated rings. The summed E-state index contributed by atoms with van der Waals surface area (Å²) in [5.41, 5.74) is 5.09. The van der Waals surface area contributed by atoms with E-state index in [0.717, 1.165) is 18.4 Å². The first-order valence-corrected chi connectivity index (χ1v) is 9.68. The molecule has 2 heteroatoms. The molecule has 1 aromatic rings. The van der Waals surface area contributed by atoms with Crippen LogP contribution in [-0.4, -0.2) is 5.91 Å². The molecule has 0 saturated heterocycles. The van der Waals surface area contributed by atoms with Crippen LogP contribution in [0.2, 0.25) is 0 Å². The second-order valence-electron chi connectivity index (χ2n) is 7.85. The lowest BCUT2D eigenvalue weighted by molar-refractivity contribution is -0.126. The standard InChI is InChI=1S/C24H33NO/c1-16(2)22-13-12-17(3)23(15-22)14-18(4)19(5)24(26)25-20(6)21-10-8-7-9-11-21/h7-12,14,18-20,22H,1,13,15H2,2-6H3,(H,25,26)/b23-14-/t18-,19+,20+,22-/m1/s1. The van der Waals surface area contributed by atoms with Crippen LogP contribution in [0.1, 0.15) is 59.1 Å². The van der Waals surface area contributed by atoms with E-state index in [0.29, 0.717) is 5.92 Å². The summed E-state index contributed by atoms with van der Waals surface area (Å²) in [5, 5.41) is 3.16. The largest absolute Gasteiger partial charge is 0.349 e. The van der Waals surface area contributed by atoms with Gasteiger partial charge in [0.1, 0.15) is 0 Å². The van der Waals surface area contributed by atoms with E-state index in [9.17, 15) is 4.79 Å². The van der Waals surface area contributed by atoms with Gasteiger partial charge in [-0.15, -0.1) is 0 Å². The predicted molar refractivity (Wildman–Crippen MR) is 111 cm³/mol. The van der Waals surface area contributed by atoms with E-state index in [4.69, 9.17) is 0 Å². The van der Waals surface area contributed by atoms with E-state index in [-0.39, 0.29) is 23.8 Å². The number of carbonyl (C=O) groups is 1. The maximum absolute atomic E-state index is 12.7. The summed E-state index contributed by atoms with van der Waals surface area (Å²) in [7, 11) is 0. The third-order valence-corrected chi connectivity index (χ3v) is 5.70. The summed E-state index contributed by atoms with van der Waals surface area (Å²) < 4.78 is 0. The molecule has 0 bridgehead atoms. The zero-order chi connectivity index (χ0) is 19.3. The van der Waals surface area contributed by atoms with Crippen molar-refractivity contribution in [2.45, 2.75) is 53.5 Å². The molecule has 2 nitrogen and oxygen atoms in total. The summed E-state index contributed by atoms with van der Waals surface area (Å²) in [6, 6.07) is 10.1. The Hall–Kier alpha value is -2.09. The fourth-order valence-corrected chi connectivity index (χ4v) is 3.41. The summed E-state index contributed by atoms with van der Waals surface area (Å²) in [4.78, 5) is 12.7. The monoisotopic (exact) mass is 351 g/mol. The molecule has 140 valence electrons. The predicted octanol–water partition coefficient (Wildman–Crippen LogP) is 5.99. The number of allylic oxidation sites excluding steroid dienone is 5. The third-order valence-electron chi connectivity index (χ3n) is 5.70. The lowest BCUT2D eigenvalue weighted by atomic mass is 9.80. The first kappa shape index (κ1) is 20.2. The highest BCUT2D eigenvalue weighted by Gasteiger charge is 2.23. The van der Waals surface area contributed by atoms with Crippen LogP contribution in [0.25, 0.3) is 0 Å². The van der Waals surface area contributed by atoms with Gasteiger partial charge in [0.2, 0.25) is 5.91 Å². The van der Waals surface area contributed by atoms with E-state index in [1.807, 2.05) is 32.0 Å². The average Bonchev–Trinajstić information content (AvgIpc) is 2.63. The molecule has 1 N–H and O–H groups in total. The fraction of sp³-hybridized carbons (Fsp3) is 0.458. The van der Waals surface area contributed by atoms with Crippen molar-refractivity contribution in [3.63, 3.8) is 0 Å². The van der Waals surface area contributed by atoms with Gasteiger partial charge in [0.05, 0.1) is 6.04 Å². The maximum Gasteiger partial charge on any atom is 0.223 e. The first-order chi connectivity index (χ1) is 12.3. The molecule has 1 aromatic carbocycles. The highest BCUT2D eigenvalue weighted by atomic mass is 16.1. The second-order valence-corrected chi connectivity index (χ2v) is 7.85. The van der Waals surface area contributed by atoms with Gasteiger partial charge in [-0.05, 0) is 56.6 Å². The molecule has 1 amide bonds. The Morgan fingerprint density at radius 1 is 1.23 bits per heavy atom. The number of rotatable bonds is 6. The van der Waals surface area contributed by atoms with Crippen LogP contribution in [0.5, 0.6) is 0 Å². The topological polar surface area (TPSA) is 29.1 Å². The molecule has 0 aromatic heterocycles. The summed E-state index contributed by atoms with van der Waals surface area (Å²) >= 11 is 0. The molecule has 1 aliphatic rings. The maximum atomic E-state index is 12.7. The zero-order valence-corrected chi connectivity index (χ0v) is 16.9. The number of amides is 1. The van der Waals surface area contributed by atoms with Gasteiger partial charge in [-0.1, -0.05) is 74.1 Å². The van der Waals surface area contributed by atoms with Gasteiger partial charge in [0, 0.05) is 5.92 Å². The Morgan fingerprint density at radius 3 is 2.50 bits per heavy atom. The van der Waals surface area contributed by atoms with Crippen molar-refractivity contribution >= 4 is 5.91 Å². The van der Waals surface area contributed by atoms with Crippen molar-refractivity contribution in [1.82, 2.24) is 5.32 Å². The van der Waals surface area contributed by atoms with Crippen LogP contribution >= 0.6 is 0 Å². The Kier molecular flexibility index (Phi) is 7.02. The summed E-state index contributed by atoms with van der Waals surface area (Å²) in [6.07, 6.45) is 6.72. The van der Waals surface area contributed by atoms with Gasteiger partial charge >= 0.3 is 0 Å². The molecule has 0 saturated carbocycles. The molecule has 26 heavy (non-hydrogen) atoms. The summed E-state index contributed by atoms with van der Waals surface area (Å²) in [6.45, 7) is 14.6. The molecule has 4 atom stereocenters. The lowest BCUT2D eigenvalue weighted by Gasteiger charge is -2.26. The van der Waals surface area contributed by atoms with Crippen LogP contribution < -0.4 is 5.32 Å². The Bertz CT molecular complexity index is 698. The normalized spacial score (nSPS) is 22.3. The molecule has 2 rings (SSSR count). The van der Waals surface area contributed by atoms with E-state index in [1.54, 1.807) is 0 Å². The van der Waals surface area contributed by atoms with E-state index >= 15 is 0 Å². The van der Waals surface area contributed by atoms with Crippen LogP contribution in [-0.2, 0) is 4.79 Å². The van der Waals surface area contributed by atoms with Gasteiger partial charge < -0.3 is 5.32 Å². The molecular weight excluding hydrogens is 318 g/mol. The Morgan fingerprint density at radius 2 is 1.88 bits per heavy atom. The van der Waals surface area contributed by atoms with Crippen molar-refractivity contribution in [2.75, 3.05) is 0 Å². The highest BCUT2D eigenvalue weighted by Crippen LogP contribution is 2.33. The molecule has 0 spiro atoms. The number of nitrogens with one attached hydrogen (secondary N) is 1. The second kappa shape index (κ2) is 9.02. The SMILES string of the molecule is C=C(C)[C@@H]1CC=C(C)/C(=C\[C@@H](C)[C@H](C)C(=O)N[C@@H](C)c2ccccc2)C1. The number of hydrogen-bond acceptors (Lipinski definition) is 1. The highest BCUT2D eigenvalue weighted by molar-refractivity contribution is 5.79. The van der Waals surface area contributed by atoms with Crippen molar-refractivity contribution in [3.8, 4) is 0 Å². The lowest BCUT2D eigenvalue weighted by Crippen LogP contribution is -2.34. The quantitative estimate of drug-likeness (QED) is 0.626. The molecule has 0 aliphatic heterocycles. The van der Waals surface area contributed by atoms with Crippen LogP contribution in [0.4, 0.5) is 0 Å². The van der Waals surface area contributed by atoms with Crippen molar-refractivity contribution in [2.24, 2.45) is 17.8 Å². The molecule has 0 unspecified atom stereocenters. The van der Waals surface area contributed by atoms with Gasteiger partial charge in [-0.25, -0.2) is 0 Å². The minimum Gasteiger partial charge on any atom is -0.349 e. The van der Waals surface area contributed by atoms with Crippen molar-refractivity contribution in [1.29, 1.82) is 0 Å². The molecule has 0 heterocycles. The minimum absolute atomic E-state index is 0.0233. The minimum atomic E-state index is -0.0633. The first-order valence-electron chi connectivity index (χ1n) is 9.68. The van der Waals surface area contributed by atoms with Crippen molar-refractivity contribution in [3.05, 3.63) is 71.3 Å². The number of carbonyl (C=O) groups excluding carboxylic acids is 1. The molecule has 0 radical (unpaired) electrons. The third kappa shape index (κ3) is 5.20. The van der Waals surface area contributed by atoms with Crippen LogP contribution in [0, 0.1) is 17.8 Å². The van der Waals surface area contributed by atoms with Gasteiger partial charge in [-0.3, -0.25) is 4.79 Å². The van der Waals surface area contributed by atoms with E-state index in [2.05, 4.69) is 57.0 Å². The zero-order valence-electron chi connectivity index (χ0n) is 16.9. The molecular formula is C24H33NO. The Balaban J connectivity index is 2.02. The fourth-order valence-electron chi connectivity index (χ4n) is 3.41. The Labute approximate surface area is 159 Å². The van der Waals surface area contributed by atoms with Crippen molar-refractivity contribution < 1.29 is 4.79 Å². The van der Waals surface area contributed by atoms with Gasteiger partial charge in [0.15, 0.2) is 0 Å². The van der Waals surface area contributed by atoms with Crippen LogP contribution in [0.15, 0.2) is 65.8 Å². The average molecular weight is 352 g/mol. The summed E-state index contributed by atoms with van der Waals surface area (Å²) in [5.74, 6) is 0.769. The van der Waals surface area contributed by atoms with E-state index < -0.39 is 0 Å². The number of benzene rings is 1. The van der Waals surface area contributed by atoms with Gasteiger partial charge in [-0.2, -0.15) is 0 Å². The van der Waals surface area contributed by atoms with E-state index in [1.165, 1.54) is 16.7 Å². The molecule has 1 aliphatic carbocycles. The van der Waals surface area contributed by atoms with Crippen LogP contribution in [0.3, 0.4) is 0 Å². The smallest absolute Gasteiger partial charge is 0.223 e. The number of hydrogen-bond donors (Lipinski definition) is 1. The van der Waals surface area contributed by atoms with Gasteiger partial charge in [0.25, 0.3) is 0 Å².